The van der Waals surface area contributed by atoms with Crippen LogP contribution in [-0.4, -0.2) is 65.0 Å². The van der Waals surface area contributed by atoms with Crippen molar-refractivity contribution in [2.24, 2.45) is 0 Å². The van der Waals surface area contributed by atoms with Crippen LogP contribution >= 0.6 is 0 Å². The Morgan fingerprint density at radius 3 is 2.70 bits per heavy atom. The fourth-order valence-electron chi connectivity index (χ4n) is 3.90. The molecule has 0 spiro atoms. The summed E-state index contributed by atoms with van der Waals surface area (Å²) in [5, 5.41) is 11.8. The highest BCUT2D eigenvalue weighted by Crippen LogP contribution is 2.22. The van der Waals surface area contributed by atoms with Crippen LogP contribution in [0.4, 0.5) is 11.5 Å². The number of nitrogens with one attached hydrogen (secondary N) is 2. The summed E-state index contributed by atoms with van der Waals surface area (Å²) < 4.78 is 7.17. The van der Waals surface area contributed by atoms with Gasteiger partial charge in [-0.25, -0.2) is 9.67 Å². The van der Waals surface area contributed by atoms with Crippen molar-refractivity contribution in [2.75, 3.05) is 44.7 Å². The molecule has 1 amide bonds. The zero-order valence-electron chi connectivity index (χ0n) is 18.3. The van der Waals surface area contributed by atoms with Gasteiger partial charge in [0, 0.05) is 42.8 Å². The van der Waals surface area contributed by atoms with E-state index in [0.29, 0.717) is 12.1 Å². The van der Waals surface area contributed by atoms with E-state index in [4.69, 9.17) is 4.74 Å². The summed E-state index contributed by atoms with van der Waals surface area (Å²) >= 11 is 0. The molecule has 1 aliphatic rings. The second-order valence-corrected chi connectivity index (χ2v) is 7.94. The fraction of sp³-hybridized carbons (Fsp3) is 0.240. The molecule has 0 saturated carbocycles. The van der Waals surface area contributed by atoms with Gasteiger partial charge >= 0.3 is 0 Å². The highest BCUT2D eigenvalue weighted by molar-refractivity contribution is 5.95. The molecule has 8 nitrogen and oxygen atoms in total. The lowest BCUT2D eigenvalue weighted by Gasteiger charge is -2.26. The predicted octanol–water partition coefficient (Wildman–Crippen LogP) is 3.23. The zero-order valence-corrected chi connectivity index (χ0v) is 18.3. The summed E-state index contributed by atoms with van der Waals surface area (Å²) in [6, 6.07) is 19.4. The SMILES string of the molecule is O=C(NCCN1CCOCC1)c1cccc(-n2ncc3cc(Nc4ccccc4)ncc32)c1. The number of pyridine rings is 1. The molecule has 2 aromatic heterocycles. The number of nitrogens with zero attached hydrogens (tertiary/aromatic N) is 4. The van der Waals surface area contributed by atoms with Gasteiger partial charge in [0.25, 0.3) is 5.91 Å². The molecule has 0 aliphatic carbocycles. The van der Waals surface area contributed by atoms with Gasteiger partial charge in [-0.1, -0.05) is 24.3 Å². The fourth-order valence-corrected chi connectivity index (χ4v) is 3.90. The molecule has 5 rings (SSSR count). The maximum Gasteiger partial charge on any atom is 0.251 e. The van der Waals surface area contributed by atoms with E-state index >= 15 is 0 Å². The van der Waals surface area contributed by atoms with Gasteiger partial charge in [0.1, 0.15) is 5.82 Å². The molecule has 0 radical (unpaired) electrons. The molecular weight excluding hydrogens is 416 g/mol. The van der Waals surface area contributed by atoms with E-state index in [-0.39, 0.29) is 5.91 Å². The molecule has 3 heterocycles. The number of carbonyl (C=O) groups is 1. The summed E-state index contributed by atoms with van der Waals surface area (Å²) in [5.74, 6) is 0.663. The average molecular weight is 443 g/mol. The van der Waals surface area contributed by atoms with E-state index < -0.39 is 0 Å². The van der Waals surface area contributed by atoms with Crippen LogP contribution in [0.3, 0.4) is 0 Å². The second kappa shape index (κ2) is 9.81. The Labute approximate surface area is 192 Å². The minimum atomic E-state index is -0.0888. The Hall–Kier alpha value is -3.75. The quantitative estimate of drug-likeness (QED) is 0.457. The van der Waals surface area contributed by atoms with E-state index in [0.717, 1.165) is 60.9 Å². The molecule has 2 aromatic carbocycles. The minimum Gasteiger partial charge on any atom is -0.379 e. The third-order valence-electron chi connectivity index (χ3n) is 5.67. The Morgan fingerprint density at radius 1 is 1.00 bits per heavy atom. The number of aromatic nitrogens is 3. The third-order valence-corrected chi connectivity index (χ3v) is 5.67. The predicted molar refractivity (Wildman–Crippen MR) is 128 cm³/mol. The molecule has 0 unspecified atom stereocenters. The van der Waals surface area contributed by atoms with E-state index in [2.05, 4.69) is 25.6 Å². The molecule has 1 saturated heterocycles. The molecule has 4 aromatic rings. The summed E-state index contributed by atoms with van der Waals surface area (Å²) in [6.07, 6.45) is 3.60. The number of anilines is 2. The molecule has 1 fully saturated rings. The third kappa shape index (κ3) is 5.02. The first-order valence-electron chi connectivity index (χ1n) is 11.1. The molecule has 168 valence electrons. The summed E-state index contributed by atoms with van der Waals surface area (Å²) in [6.45, 7) is 4.76. The first kappa shape index (κ1) is 21.1. The van der Waals surface area contributed by atoms with Crippen molar-refractivity contribution < 1.29 is 9.53 Å². The minimum absolute atomic E-state index is 0.0888. The number of benzene rings is 2. The van der Waals surface area contributed by atoms with Crippen LogP contribution in [0.1, 0.15) is 10.4 Å². The highest BCUT2D eigenvalue weighted by atomic mass is 16.5. The largest absolute Gasteiger partial charge is 0.379 e. The number of hydrogen-bond donors (Lipinski definition) is 2. The Morgan fingerprint density at radius 2 is 1.85 bits per heavy atom. The van der Waals surface area contributed by atoms with Crippen LogP contribution in [0.15, 0.2) is 73.1 Å². The van der Waals surface area contributed by atoms with Gasteiger partial charge in [-0.15, -0.1) is 0 Å². The van der Waals surface area contributed by atoms with Crippen molar-refractivity contribution in [3.05, 3.63) is 78.6 Å². The van der Waals surface area contributed by atoms with Crippen LogP contribution in [0, 0.1) is 0 Å². The Kier molecular flexibility index (Phi) is 6.27. The number of morpholine rings is 1. The normalized spacial score (nSPS) is 14.3. The van der Waals surface area contributed by atoms with Crippen molar-refractivity contribution in [3.8, 4) is 5.69 Å². The van der Waals surface area contributed by atoms with Gasteiger partial charge in [0.15, 0.2) is 0 Å². The molecule has 1 aliphatic heterocycles. The second-order valence-electron chi connectivity index (χ2n) is 7.94. The number of ether oxygens (including phenoxy) is 1. The maximum absolute atomic E-state index is 12.7. The standard InChI is InChI=1S/C25H26N6O2/c32-25(26-9-10-30-11-13-33-14-12-30)19-5-4-8-22(15-19)31-23-18-27-24(16-20(23)17-28-31)29-21-6-2-1-3-7-21/h1-8,15-18H,9-14H2,(H,26,32)(H,27,29). The smallest absolute Gasteiger partial charge is 0.251 e. The Bertz CT molecular complexity index is 1230. The van der Waals surface area contributed by atoms with E-state index in [9.17, 15) is 4.79 Å². The van der Waals surface area contributed by atoms with Crippen molar-refractivity contribution in [2.45, 2.75) is 0 Å². The summed E-state index contributed by atoms with van der Waals surface area (Å²) in [5.41, 5.74) is 3.27. The van der Waals surface area contributed by atoms with Crippen molar-refractivity contribution in [1.82, 2.24) is 25.0 Å². The lowest BCUT2D eigenvalue weighted by Crippen LogP contribution is -2.41. The maximum atomic E-state index is 12.7. The van der Waals surface area contributed by atoms with E-state index in [1.165, 1.54) is 0 Å². The first-order chi connectivity index (χ1) is 16.3. The monoisotopic (exact) mass is 442 g/mol. The van der Waals surface area contributed by atoms with E-state index in [1.54, 1.807) is 10.9 Å². The first-order valence-corrected chi connectivity index (χ1v) is 11.1. The molecule has 2 N–H and O–H groups in total. The van der Waals surface area contributed by atoms with Crippen LogP contribution in [0.2, 0.25) is 0 Å². The Balaban J connectivity index is 1.28. The molecule has 0 atom stereocenters. The van der Waals surface area contributed by atoms with Gasteiger partial charge in [-0.05, 0) is 36.4 Å². The lowest BCUT2D eigenvalue weighted by atomic mass is 10.2. The number of para-hydroxylation sites is 1. The zero-order chi connectivity index (χ0) is 22.5. The van der Waals surface area contributed by atoms with Gasteiger partial charge in [0.2, 0.25) is 0 Å². The number of hydrogen-bond acceptors (Lipinski definition) is 6. The van der Waals surface area contributed by atoms with Crippen LogP contribution in [-0.2, 0) is 4.74 Å². The molecule has 0 bridgehead atoms. The van der Waals surface area contributed by atoms with Gasteiger partial charge < -0.3 is 15.4 Å². The number of amides is 1. The van der Waals surface area contributed by atoms with E-state index in [1.807, 2.05) is 66.9 Å². The van der Waals surface area contributed by atoms with Crippen molar-refractivity contribution in [3.63, 3.8) is 0 Å². The molecule has 33 heavy (non-hydrogen) atoms. The number of carbonyl (C=O) groups excluding carboxylic acids is 1. The summed E-state index contributed by atoms with van der Waals surface area (Å²) in [7, 11) is 0. The molecular formula is C25H26N6O2. The van der Waals surface area contributed by atoms with Crippen LogP contribution < -0.4 is 10.6 Å². The van der Waals surface area contributed by atoms with Crippen LogP contribution in [0.25, 0.3) is 16.6 Å². The van der Waals surface area contributed by atoms with Gasteiger partial charge in [0.05, 0.1) is 36.8 Å². The topological polar surface area (TPSA) is 84.3 Å². The van der Waals surface area contributed by atoms with Crippen molar-refractivity contribution >= 4 is 28.3 Å². The lowest BCUT2D eigenvalue weighted by molar-refractivity contribution is 0.0383. The van der Waals surface area contributed by atoms with Gasteiger partial charge in [-0.2, -0.15) is 5.10 Å². The highest BCUT2D eigenvalue weighted by Gasteiger charge is 2.13. The number of rotatable bonds is 7. The number of fused-ring (bicyclic) bond motifs is 1. The molecule has 8 heteroatoms. The van der Waals surface area contributed by atoms with Crippen LogP contribution in [0.5, 0.6) is 0 Å². The van der Waals surface area contributed by atoms with Gasteiger partial charge in [-0.3, -0.25) is 9.69 Å². The van der Waals surface area contributed by atoms with Crippen molar-refractivity contribution in [1.29, 1.82) is 0 Å². The average Bonchev–Trinajstić information content (AvgIpc) is 3.29. The summed E-state index contributed by atoms with van der Waals surface area (Å²) in [4.78, 5) is 19.5.